The van der Waals surface area contributed by atoms with Gasteiger partial charge in [-0.25, -0.2) is 9.18 Å². The molecule has 5 nitrogen and oxygen atoms in total. The standard InChI is InChI=1S/C21H18FNO4/c1-2-3-18(24)17-10-16(21(26)27)15-9-13(11-23-19(15)20(17)25)8-12-4-6-14(22)7-5-12/h4-7,9-11,25H,2-3,8H2,1H3,(H,26,27). The van der Waals surface area contributed by atoms with Crippen LogP contribution in [0.5, 0.6) is 5.75 Å². The first-order chi connectivity index (χ1) is 12.9. The largest absolute Gasteiger partial charge is 0.505 e. The number of carboxylic acid groups (broad SMARTS) is 1. The van der Waals surface area contributed by atoms with E-state index in [-0.39, 0.29) is 45.8 Å². The van der Waals surface area contributed by atoms with E-state index < -0.39 is 5.97 Å². The second-order valence-electron chi connectivity index (χ2n) is 6.34. The number of halogens is 1. The molecule has 0 aliphatic carbocycles. The van der Waals surface area contributed by atoms with Gasteiger partial charge in [0.1, 0.15) is 11.3 Å². The van der Waals surface area contributed by atoms with Crippen LogP contribution in [-0.4, -0.2) is 26.9 Å². The van der Waals surface area contributed by atoms with Crippen molar-refractivity contribution in [2.24, 2.45) is 0 Å². The molecule has 2 N–H and O–H groups in total. The maximum absolute atomic E-state index is 13.0. The summed E-state index contributed by atoms with van der Waals surface area (Å²) in [7, 11) is 0. The number of fused-ring (bicyclic) bond motifs is 1. The zero-order chi connectivity index (χ0) is 19.6. The summed E-state index contributed by atoms with van der Waals surface area (Å²) in [5, 5.41) is 20.3. The molecular weight excluding hydrogens is 349 g/mol. The van der Waals surface area contributed by atoms with Gasteiger partial charge < -0.3 is 10.2 Å². The highest BCUT2D eigenvalue weighted by Crippen LogP contribution is 2.32. The van der Waals surface area contributed by atoms with E-state index >= 15 is 0 Å². The third kappa shape index (κ3) is 3.79. The van der Waals surface area contributed by atoms with E-state index in [9.17, 15) is 24.2 Å². The number of benzene rings is 2. The number of nitrogens with zero attached hydrogens (tertiary/aromatic N) is 1. The van der Waals surface area contributed by atoms with E-state index in [2.05, 4.69) is 4.98 Å². The van der Waals surface area contributed by atoms with Gasteiger partial charge in [-0.15, -0.1) is 0 Å². The molecule has 0 aliphatic rings. The first-order valence-corrected chi connectivity index (χ1v) is 8.56. The molecule has 0 radical (unpaired) electrons. The molecule has 0 atom stereocenters. The van der Waals surface area contributed by atoms with Crippen LogP contribution in [0.15, 0.2) is 42.6 Å². The molecule has 3 aromatic rings. The van der Waals surface area contributed by atoms with Crippen LogP contribution in [0, 0.1) is 5.82 Å². The van der Waals surface area contributed by atoms with Crippen molar-refractivity contribution in [3.8, 4) is 5.75 Å². The predicted molar refractivity (Wildman–Crippen MR) is 98.8 cm³/mol. The summed E-state index contributed by atoms with van der Waals surface area (Å²) in [6.45, 7) is 1.83. The maximum Gasteiger partial charge on any atom is 0.336 e. The zero-order valence-corrected chi connectivity index (χ0v) is 14.7. The number of aromatic nitrogens is 1. The number of pyridine rings is 1. The monoisotopic (exact) mass is 367 g/mol. The average molecular weight is 367 g/mol. The maximum atomic E-state index is 13.0. The molecule has 0 bridgehead atoms. The Morgan fingerprint density at radius 3 is 2.41 bits per heavy atom. The van der Waals surface area contributed by atoms with E-state index in [0.717, 1.165) is 5.56 Å². The SMILES string of the molecule is CCCC(=O)c1cc(C(=O)O)c2cc(Cc3ccc(F)cc3)cnc2c1O. The van der Waals surface area contributed by atoms with E-state index in [4.69, 9.17) is 0 Å². The molecule has 3 rings (SSSR count). The molecule has 0 fully saturated rings. The number of carbonyl (C=O) groups is 2. The number of rotatable bonds is 6. The third-order valence-corrected chi connectivity index (χ3v) is 4.33. The molecule has 27 heavy (non-hydrogen) atoms. The van der Waals surface area contributed by atoms with E-state index in [1.807, 2.05) is 6.92 Å². The Morgan fingerprint density at radius 2 is 1.78 bits per heavy atom. The average Bonchev–Trinajstić information content (AvgIpc) is 2.64. The second kappa shape index (κ2) is 7.53. The Balaban J connectivity index is 2.11. The normalized spacial score (nSPS) is 10.9. The van der Waals surface area contributed by atoms with Gasteiger partial charge >= 0.3 is 5.97 Å². The minimum atomic E-state index is -1.20. The van der Waals surface area contributed by atoms with Gasteiger partial charge in [0.05, 0.1) is 11.1 Å². The van der Waals surface area contributed by atoms with Crippen molar-refractivity contribution in [1.29, 1.82) is 0 Å². The lowest BCUT2D eigenvalue weighted by Gasteiger charge is -2.11. The van der Waals surface area contributed by atoms with Crippen molar-refractivity contribution in [3.05, 3.63) is 70.7 Å². The number of hydrogen-bond donors (Lipinski definition) is 2. The summed E-state index contributed by atoms with van der Waals surface area (Å²) in [6, 6.07) is 8.82. The number of carbonyl (C=O) groups excluding carboxylic acids is 1. The summed E-state index contributed by atoms with van der Waals surface area (Å²) in [4.78, 5) is 28.1. The van der Waals surface area contributed by atoms with E-state index in [1.165, 1.54) is 24.4 Å². The van der Waals surface area contributed by atoms with Crippen LogP contribution in [0.2, 0.25) is 0 Å². The number of phenolic OH excluding ortho intramolecular Hbond substituents is 1. The molecule has 0 aliphatic heterocycles. The van der Waals surface area contributed by atoms with Crippen LogP contribution in [-0.2, 0) is 6.42 Å². The molecule has 0 saturated carbocycles. The molecule has 6 heteroatoms. The minimum absolute atomic E-state index is 0.0273. The highest BCUT2D eigenvalue weighted by molar-refractivity contribution is 6.11. The van der Waals surface area contributed by atoms with Crippen LogP contribution >= 0.6 is 0 Å². The highest BCUT2D eigenvalue weighted by atomic mass is 19.1. The number of phenols is 1. The molecule has 2 aromatic carbocycles. The van der Waals surface area contributed by atoms with Crippen molar-refractivity contribution in [3.63, 3.8) is 0 Å². The van der Waals surface area contributed by atoms with Crippen molar-refractivity contribution in [2.75, 3.05) is 0 Å². The lowest BCUT2D eigenvalue weighted by Crippen LogP contribution is -2.06. The third-order valence-electron chi connectivity index (χ3n) is 4.33. The Hall–Kier alpha value is -3.28. The van der Waals surface area contributed by atoms with E-state index in [0.29, 0.717) is 18.4 Å². The fourth-order valence-corrected chi connectivity index (χ4v) is 3.01. The molecule has 138 valence electrons. The number of hydrogen-bond acceptors (Lipinski definition) is 4. The van der Waals surface area contributed by atoms with Crippen LogP contribution in [0.25, 0.3) is 10.9 Å². The molecule has 0 unspecified atom stereocenters. The Labute approximate surface area is 155 Å². The van der Waals surface area contributed by atoms with Crippen LogP contribution in [0.1, 0.15) is 51.6 Å². The predicted octanol–water partition coefficient (Wildman–Crippen LogP) is 4.35. The van der Waals surface area contributed by atoms with Crippen LogP contribution in [0.4, 0.5) is 4.39 Å². The highest BCUT2D eigenvalue weighted by Gasteiger charge is 2.21. The summed E-state index contributed by atoms with van der Waals surface area (Å²) in [5.74, 6) is -2.16. The molecule has 1 aromatic heterocycles. The van der Waals surface area contributed by atoms with Gasteiger partial charge in [-0.1, -0.05) is 19.1 Å². The van der Waals surface area contributed by atoms with Gasteiger partial charge in [0.2, 0.25) is 0 Å². The van der Waals surface area contributed by atoms with Crippen molar-refractivity contribution in [1.82, 2.24) is 4.98 Å². The van der Waals surface area contributed by atoms with E-state index in [1.54, 1.807) is 18.2 Å². The van der Waals surface area contributed by atoms with Crippen LogP contribution in [0.3, 0.4) is 0 Å². The molecular formula is C21H18FNO4. The number of aromatic carboxylic acids is 1. The van der Waals surface area contributed by atoms with Gasteiger partial charge in [0.15, 0.2) is 11.5 Å². The number of Topliss-reactive ketones (excluding diaryl/α,β-unsaturated/α-hetero) is 1. The lowest BCUT2D eigenvalue weighted by atomic mass is 9.96. The van der Waals surface area contributed by atoms with Crippen LogP contribution < -0.4 is 0 Å². The molecule has 0 spiro atoms. The first-order valence-electron chi connectivity index (χ1n) is 8.56. The minimum Gasteiger partial charge on any atom is -0.505 e. The fourth-order valence-electron chi connectivity index (χ4n) is 3.01. The van der Waals surface area contributed by atoms with Gasteiger partial charge in [0.25, 0.3) is 0 Å². The summed E-state index contributed by atoms with van der Waals surface area (Å²) in [5.41, 5.74) is 1.52. The van der Waals surface area contributed by atoms with Crippen molar-refractivity contribution >= 4 is 22.7 Å². The van der Waals surface area contributed by atoms with Gasteiger partial charge in [-0.05, 0) is 48.2 Å². The summed E-state index contributed by atoms with van der Waals surface area (Å²) < 4.78 is 13.0. The smallest absolute Gasteiger partial charge is 0.336 e. The van der Waals surface area contributed by atoms with Gasteiger partial charge in [0, 0.05) is 18.0 Å². The summed E-state index contributed by atoms with van der Waals surface area (Å²) >= 11 is 0. The molecule has 0 amide bonds. The Morgan fingerprint density at radius 1 is 1.07 bits per heavy atom. The first kappa shape index (κ1) is 18.5. The lowest BCUT2D eigenvalue weighted by molar-refractivity contribution is 0.0699. The topological polar surface area (TPSA) is 87.5 Å². The quantitative estimate of drug-likeness (QED) is 0.633. The number of ketones is 1. The van der Waals surface area contributed by atoms with Gasteiger partial charge in [-0.3, -0.25) is 9.78 Å². The van der Waals surface area contributed by atoms with Crippen molar-refractivity contribution < 1.29 is 24.2 Å². The second-order valence-corrected chi connectivity index (χ2v) is 6.34. The van der Waals surface area contributed by atoms with Crippen molar-refractivity contribution in [2.45, 2.75) is 26.2 Å². The Kier molecular flexibility index (Phi) is 5.16. The zero-order valence-electron chi connectivity index (χ0n) is 14.7. The number of carboxylic acids is 1. The molecule has 0 saturated heterocycles. The molecule has 1 heterocycles. The Bertz CT molecular complexity index is 1030. The fraction of sp³-hybridized carbons (Fsp3) is 0.190. The summed E-state index contributed by atoms with van der Waals surface area (Å²) in [6.07, 6.45) is 2.74. The number of aromatic hydroxyl groups is 1. The van der Waals surface area contributed by atoms with Gasteiger partial charge in [-0.2, -0.15) is 0 Å².